The van der Waals surface area contributed by atoms with E-state index in [2.05, 4.69) is 20.8 Å². The molecule has 2 fully saturated rings. The molecule has 3 rings (SSSR count). The van der Waals surface area contributed by atoms with Crippen molar-refractivity contribution in [1.29, 1.82) is 0 Å². The van der Waals surface area contributed by atoms with E-state index in [1.165, 1.54) is 6.42 Å². The van der Waals surface area contributed by atoms with Gasteiger partial charge in [-0.3, -0.25) is 9.59 Å². The highest BCUT2D eigenvalue weighted by atomic mass is 16.2. The van der Waals surface area contributed by atoms with Gasteiger partial charge in [0.2, 0.25) is 5.91 Å². The van der Waals surface area contributed by atoms with E-state index in [1.54, 1.807) is 6.07 Å². The van der Waals surface area contributed by atoms with Gasteiger partial charge in [0.25, 0.3) is 5.91 Å². The van der Waals surface area contributed by atoms with E-state index in [1.807, 2.05) is 13.8 Å². The molecular weight excluding hydrogens is 280 g/mol. The SMILES string of the molecule is CC(C)c1cc(NC(=O)C2CC2)nnc1C(=O)NC1CCC1. The lowest BCUT2D eigenvalue weighted by atomic mass is 9.92. The first-order chi connectivity index (χ1) is 10.5. The molecular formula is C16H22N4O2. The molecule has 1 heterocycles. The molecule has 2 aliphatic rings. The van der Waals surface area contributed by atoms with Crippen molar-refractivity contribution in [2.24, 2.45) is 5.92 Å². The van der Waals surface area contributed by atoms with Crippen LogP contribution in [-0.2, 0) is 4.79 Å². The molecule has 1 aromatic heterocycles. The van der Waals surface area contributed by atoms with Gasteiger partial charge in [-0.05, 0) is 49.7 Å². The van der Waals surface area contributed by atoms with Crippen LogP contribution in [0.3, 0.4) is 0 Å². The molecule has 0 aliphatic heterocycles. The van der Waals surface area contributed by atoms with Gasteiger partial charge in [-0.15, -0.1) is 10.2 Å². The molecule has 0 spiro atoms. The van der Waals surface area contributed by atoms with Gasteiger partial charge in [-0.1, -0.05) is 13.8 Å². The van der Waals surface area contributed by atoms with Crippen LogP contribution in [0.15, 0.2) is 6.07 Å². The monoisotopic (exact) mass is 302 g/mol. The first-order valence-corrected chi connectivity index (χ1v) is 8.04. The Balaban J connectivity index is 1.76. The molecule has 0 radical (unpaired) electrons. The van der Waals surface area contributed by atoms with Crippen LogP contribution < -0.4 is 10.6 Å². The molecule has 2 amide bonds. The standard InChI is InChI=1S/C16H22N4O2/c1-9(2)12-8-13(18-15(21)10-6-7-10)19-20-14(12)16(22)17-11-4-3-5-11/h8-11H,3-7H2,1-2H3,(H,17,22)(H,18,19,21). The topological polar surface area (TPSA) is 84.0 Å². The molecule has 6 heteroatoms. The zero-order valence-electron chi connectivity index (χ0n) is 13.1. The Morgan fingerprint density at radius 3 is 2.45 bits per heavy atom. The van der Waals surface area contributed by atoms with Gasteiger partial charge in [-0.2, -0.15) is 0 Å². The maximum atomic E-state index is 12.3. The number of nitrogens with zero attached hydrogens (tertiary/aromatic N) is 2. The van der Waals surface area contributed by atoms with E-state index < -0.39 is 0 Å². The predicted octanol–water partition coefficient (Wildman–Crippen LogP) is 2.23. The largest absolute Gasteiger partial charge is 0.348 e. The number of carbonyl (C=O) groups is 2. The van der Waals surface area contributed by atoms with Gasteiger partial charge in [-0.25, -0.2) is 0 Å². The zero-order chi connectivity index (χ0) is 15.7. The van der Waals surface area contributed by atoms with Crippen molar-refractivity contribution in [2.45, 2.75) is 57.9 Å². The summed E-state index contributed by atoms with van der Waals surface area (Å²) in [5.41, 5.74) is 1.18. The lowest BCUT2D eigenvalue weighted by Gasteiger charge is -2.26. The van der Waals surface area contributed by atoms with Crippen molar-refractivity contribution >= 4 is 17.6 Å². The minimum absolute atomic E-state index is 0.00400. The highest BCUT2D eigenvalue weighted by Crippen LogP contribution is 2.30. The summed E-state index contributed by atoms with van der Waals surface area (Å²) in [4.78, 5) is 24.1. The second-order valence-corrected chi connectivity index (χ2v) is 6.55. The van der Waals surface area contributed by atoms with Crippen LogP contribution in [0, 0.1) is 5.92 Å². The maximum Gasteiger partial charge on any atom is 0.272 e. The van der Waals surface area contributed by atoms with E-state index in [0.717, 1.165) is 31.2 Å². The van der Waals surface area contributed by atoms with Crippen molar-refractivity contribution in [1.82, 2.24) is 15.5 Å². The van der Waals surface area contributed by atoms with Gasteiger partial charge in [0, 0.05) is 12.0 Å². The number of anilines is 1. The van der Waals surface area contributed by atoms with E-state index in [9.17, 15) is 9.59 Å². The van der Waals surface area contributed by atoms with Crippen molar-refractivity contribution in [2.75, 3.05) is 5.32 Å². The minimum atomic E-state index is -0.166. The minimum Gasteiger partial charge on any atom is -0.348 e. The predicted molar refractivity (Wildman–Crippen MR) is 82.6 cm³/mol. The summed E-state index contributed by atoms with van der Waals surface area (Å²) >= 11 is 0. The second-order valence-electron chi connectivity index (χ2n) is 6.55. The fourth-order valence-corrected chi connectivity index (χ4v) is 2.46. The van der Waals surface area contributed by atoms with Crippen LogP contribution in [-0.4, -0.2) is 28.1 Å². The van der Waals surface area contributed by atoms with Crippen LogP contribution in [0.1, 0.15) is 67.9 Å². The summed E-state index contributed by atoms with van der Waals surface area (Å²) in [6.45, 7) is 4.01. The summed E-state index contributed by atoms with van der Waals surface area (Å²) < 4.78 is 0. The molecule has 22 heavy (non-hydrogen) atoms. The van der Waals surface area contributed by atoms with E-state index in [4.69, 9.17) is 0 Å². The number of hydrogen-bond donors (Lipinski definition) is 2. The molecule has 6 nitrogen and oxygen atoms in total. The fourth-order valence-electron chi connectivity index (χ4n) is 2.46. The number of amides is 2. The van der Waals surface area contributed by atoms with E-state index in [0.29, 0.717) is 11.5 Å². The Morgan fingerprint density at radius 2 is 1.91 bits per heavy atom. The van der Waals surface area contributed by atoms with Gasteiger partial charge in [0.05, 0.1) is 0 Å². The van der Waals surface area contributed by atoms with Gasteiger partial charge in [0.15, 0.2) is 11.5 Å². The summed E-state index contributed by atoms with van der Waals surface area (Å²) in [5.74, 6) is 0.512. The first kappa shape index (κ1) is 14.9. The Hall–Kier alpha value is -1.98. The Kier molecular flexibility index (Phi) is 4.09. The van der Waals surface area contributed by atoms with Crippen LogP contribution in [0.2, 0.25) is 0 Å². The molecule has 118 valence electrons. The summed E-state index contributed by atoms with van der Waals surface area (Å²) in [6.07, 6.45) is 5.12. The Bertz CT molecular complexity index is 592. The first-order valence-electron chi connectivity index (χ1n) is 8.04. The smallest absolute Gasteiger partial charge is 0.272 e. The lowest BCUT2D eigenvalue weighted by molar-refractivity contribution is -0.117. The lowest BCUT2D eigenvalue weighted by Crippen LogP contribution is -2.40. The third-order valence-corrected chi connectivity index (χ3v) is 4.30. The molecule has 2 N–H and O–H groups in total. The van der Waals surface area contributed by atoms with Crippen molar-refractivity contribution in [3.63, 3.8) is 0 Å². The number of nitrogens with one attached hydrogen (secondary N) is 2. The number of aromatic nitrogens is 2. The molecule has 0 saturated heterocycles. The van der Waals surface area contributed by atoms with E-state index in [-0.39, 0.29) is 29.7 Å². The number of hydrogen-bond acceptors (Lipinski definition) is 4. The Morgan fingerprint density at radius 1 is 1.18 bits per heavy atom. The summed E-state index contributed by atoms with van der Waals surface area (Å²) in [6, 6.07) is 2.04. The van der Waals surface area contributed by atoms with Gasteiger partial charge < -0.3 is 10.6 Å². The second kappa shape index (κ2) is 6.02. The molecule has 0 bridgehead atoms. The highest BCUT2D eigenvalue weighted by molar-refractivity contribution is 5.95. The van der Waals surface area contributed by atoms with Crippen LogP contribution >= 0.6 is 0 Å². The number of rotatable bonds is 5. The van der Waals surface area contributed by atoms with Gasteiger partial charge in [0.1, 0.15) is 0 Å². The van der Waals surface area contributed by atoms with E-state index >= 15 is 0 Å². The highest BCUT2D eigenvalue weighted by Gasteiger charge is 2.30. The molecule has 2 saturated carbocycles. The van der Waals surface area contributed by atoms with Crippen molar-refractivity contribution in [3.8, 4) is 0 Å². The average molecular weight is 302 g/mol. The molecule has 0 unspecified atom stereocenters. The van der Waals surface area contributed by atoms with Crippen LogP contribution in [0.25, 0.3) is 0 Å². The molecule has 0 aromatic carbocycles. The van der Waals surface area contributed by atoms with Crippen LogP contribution in [0.4, 0.5) is 5.82 Å². The normalized spacial score (nSPS) is 18.0. The molecule has 0 atom stereocenters. The molecule has 2 aliphatic carbocycles. The molecule has 1 aromatic rings. The van der Waals surface area contributed by atoms with Crippen molar-refractivity contribution < 1.29 is 9.59 Å². The third kappa shape index (κ3) is 3.26. The third-order valence-electron chi connectivity index (χ3n) is 4.30. The Labute approximate surface area is 130 Å². The zero-order valence-corrected chi connectivity index (χ0v) is 13.1. The van der Waals surface area contributed by atoms with Crippen molar-refractivity contribution in [3.05, 3.63) is 17.3 Å². The summed E-state index contributed by atoms with van der Waals surface area (Å²) in [7, 11) is 0. The van der Waals surface area contributed by atoms with Crippen LogP contribution in [0.5, 0.6) is 0 Å². The van der Waals surface area contributed by atoms with Gasteiger partial charge >= 0.3 is 0 Å². The number of carbonyl (C=O) groups excluding carboxylic acids is 2. The summed E-state index contributed by atoms with van der Waals surface area (Å²) in [5, 5.41) is 13.8. The maximum absolute atomic E-state index is 12.3. The average Bonchev–Trinajstić information content (AvgIpc) is 3.27. The quantitative estimate of drug-likeness (QED) is 0.873. The fraction of sp³-hybridized carbons (Fsp3) is 0.625.